The Morgan fingerprint density at radius 1 is 1.10 bits per heavy atom. The van der Waals surface area contributed by atoms with E-state index in [0.29, 0.717) is 52.7 Å². The van der Waals surface area contributed by atoms with Crippen LogP contribution in [0.2, 0.25) is 0 Å². The van der Waals surface area contributed by atoms with Gasteiger partial charge in [-0.2, -0.15) is 0 Å². The Morgan fingerprint density at radius 2 is 1.94 bits per heavy atom. The van der Waals surface area contributed by atoms with Gasteiger partial charge in [-0.25, -0.2) is 0 Å². The minimum atomic E-state index is -0.115. The van der Waals surface area contributed by atoms with Gasteiger partial charge in [0.05, 0.1) is 23.8 Å². The van der Waals surface area contributed by atoms with Gasteiger partial charge in [-0.05, 0) is 30.7 Å². The molecule has 8 nitrogen and oxygen atoms in total. The van der Waals surface area contributed by atoms with Gasteiger partial charge in [-0.15, -0.1) is 10.2 Å². The molecule has 0 atom stereocenters. The van der Waals surface area contributed by atoms with E-state index in [2.05, 4.69) is 10.2 Å². The molecule has 0 aliphatic carbocycles. The Morgan fingerprint density at radius 3 is 2.74 bits per heavy atom. The maximum absolute atomic E-state index is 13.0. The van der Waals surface area contributed by atoms with Crippen molar-refractivity contribution in [2.24, 2.45) is 0 Å². The van der Waals surface area contributed by atoms with E-state index < -0.39 is 0 Å². The van der Waals surface area contributed by atoms with Crippen LogP contribution in [0.1, 0.15) is 16.8 Å². The molecule has 0 unspecified atom stereocenters. The predicted octanol–water partition coefficient (Wildman–Crippen LogP) is 3.06. The second-order valence-electron chi connectivity index (χ2n) is 6.88. The first-order valence-electron chi connectivity index (χ1n) is 9.79. The second kappa shape index (κ2) is 9.32. The number of methoxy groups -OCH3 is 2. The fraction of sp³-hybridized carbons (Fsp3) is 0.273. The molecule has 4 aromatic rings. The van der Waals surface area contributed by atoms with E-state index in [0.717, 1.165) is 0 Å². The SMILES string of the molecule is COCCCn1c(=O)c2ccccc2n2c(SCC(=O)c3cccc(OC)c3)nnc12. The molecule has 0 aliphatic rings. The van der Waals surface area contributed by atoms with E-state index in [-0.39, 0.29) is 17.1 Å². The molecule has 2 heterocycles. The number of thioether (sulfide) groups is 1. The number of hydrogen-bond donors (Lipinski definition) is 0. The van der Waals surface area contributed by atoms with Crippen LogP contribution in [0, 0.1) is 0 Å². The van der Waals surface area contributed by atoms with Crippen LogP contribution in [0.15, 0.2) is 58.5 Å². The van der Waals surface area contributed by atoms with E-state index >= 15 is 0 Å². The third-order valence-electron chi connectivity index (χ3n) is 4.93. The summed E-state index contributed by atoms with van der Waals surface area (Å²) in [7, 11) is 3.20. The highest BCUT2D eigenvalue weighted by molar-refractivity contribution is 7.99. The van der Waals surface area contributed by atoms with Crippen LogP contribution in [-0.4, -0.2) is 51.5 Å². The molecule has 9 heteroatoms. The van der Waals surface area contributed by atoms with E-state index in [4.69, 9.17) is 9.47 Å². The van der Waals surface area contributed by atoms with Gasteiger partial charge in [-0.1, -0.05) is 36.0 Å². The first-order chi connectivity index (χ1) is 15.1. The lowest BCUT2D eigenvalue weighted by Crippen LogP contribution is -2.24. The van der Waals surface area contributed by atoms with Crippen molar-refractivity contribution >= 4 is 34.2 Å². The summed E-state index contributed by atoms with van der Waals surface area (Å²) in [6.07, 6.45) is 0.675. The normalized spacial score (nSPS) is 11.3. The summed E-state index contributed by atoms with van der Waals surface area (Å²) in [5.74, 6) is 1.23. The summed E-state index contributed by atoms with van der Waals surface area (Å²) >= 11 is 1.29. The van der Waals surface area contributed by atoms with Crippen molar-refractivity contribution in [1.82, 2.24) is 19.2 Å². The molecule has 0 spiro atoms. The molecular weight excluding hydrogens is 416 g/mol. The molecule has 31 heavy (non-hydrogen) atoms. The monoisotopic (exact) mass is 438 g/mol. The zero-order chi connectivity index (χ0) is 21.8. The molecule has 2 aromatic heterocycles. The van der Waals surface area contributed by atoms with Crippen molar-refractivity contribution in [1.29, 1.82) is 0 Å². The molecule has 0 saturated carbocycles. The number of rotatable bonds is 9. The smallest absolute Gasteiger partial charge is 0.262 e. The number of Topliss-reactive ketones (excluding diaryl/α,β-unsaturated/α-hetero) is 1. The first kappa shape index (κ1) is 21.1. The Hall–Kier alpha value is -3.17. The van der Waals surface area contributed by atoms with E-state index in [1.165, 1.54) is 11.8 Å². The number of ether oxygens (including phenoxy) is 2. The zero-order valence-electron chi connectivity index (χ0n) is 17.3. The largest absolute Gasteiger partial charge is 0.497 e. The van der Waals surface area contributed by atoms with E-state index in [9.17, 15) is 9.59 Å². The van der Waals surface area contributed by atoms with Crippen molar-refractivity contribution in [3.8, 4) is 5.75 Å². The summed E-state index contributed by atoms with van der Waals surface area (Å²) in [4.78, 5) is 25.7. The van der Waals surface area contributed by atoms with Crippen LogP contribution in [0.25, 0.3) is 16.7 Å². The van der Waals surface area contributed by atoms with Crippen LogP contribution < -0.4 is 10.3 Å². The highest BCUT2D eigenvalue weighted by Crippen LogP contribution is 2.23. The molecule has 0 saturated heterocycles. The number of benzene rings is 2. The lowest BCUT2D eigenvalue weighted by atomic mass is 10.1. The first-order valence-corrected chi connectivity index (χ1v) is 10.8. The molecule has 0 amide bonds. The zero-order valence-corrected chi connectivity index (χ0v) is 18.1. The predicted molar refractivity (Wildman–Crippen MR) is 119 cm³/mol. The Bertz CT molecular complexity index is 1300. The maximum atomic E-state index is 13.0. The van der Waals surface area contributed by atoms with Gasteiger partial charge >= 0.3 is 0 Å². The highest BCUT2D eigenvalue weighted by Gasteiger charge is 2.18. The van der Waals surface area contributed by atoms with E-state index in [1.807, 2.05) is 22.6 Å². The summed E-state index contributed by atoms with van der Waals surface area (Å²) in [5.41, 5.74) is 1.17. The van der Waals surface area contributed by atoms with E-state index in [1.54, 1.807) is 49.1 Å². The fourth-order valence-electron chi connectivity index (χ4n) is 3.41. The molecule has 0 bridgehead atoms. The van der Waals surface area contributed by atoms with Crippen LogP contribution >= 0.6 is 11.8 Å². The molecule has 4 rings (SSSR count). The molecular formula is C22H22N4O4S. The average molecular weight is 439 g/mol. The summed E-state index contributed by atoms with van der Waals surface area (Å²) in [6.45, 7) is 1.00. The maximum Gasteiger partial charge on any atom is 0.262 e. The van der Waals surface area contributed by atoms with Gasteiger partial charge in [0.25, 0.3) is 5.56 Å². The van der Waals surface area contributed by atoms with Crippen molar-refractivity contribution < 1.29 is 14.3 Å². The lowest BCUT2D eigenvalue weighted by Gasteiger charge is -2.11. The number of para-hydroxylation sites is 1. The molecule has 160 valence electrons. The van der Waals surface area contributed by atoms with Gasteiger partial charge in [0, 0.05) is 25.8 Å². The van der Waals surface area contributed by atoms with Gasteiger partial charge in [-0.3, -0.25) is 18.6 Å². The molecule has 0 aliphatic heterocycles. The quantitative estimate of drug-likeness (QED) is 0.225. The Labute approximate surface area is 182 Å². The van der Waals surface area contributed by atoms with Crippen molar-refractivity contribution in [3.05, 3.63) is 64.4 Å². The Kier molecular flexibility index (Phi) is 6.34. The summed E-state index contributed by atoms with van der Waals surface area (Å²) in [6, 6.07) is 14.4. The molecule has 2 aromatic carbocycles. The third-order valence-corrected chi connectivity index (χ3v) is 5.86. The summed E-state index contributed by atoms with van der Waals surface area (Å²) < 4.78 is 13.8. The number of hydrogen-bond acceptors (Lipinski definition) is 7. The minimum Gasteiger partial charge on any atom is -0.497 e. The number of carbonyl (C=O) groups excluding carboxylic acids is 1. The van der Waals surface area contributed by atoms with Crippen LogP contribution in [-0.2, 0) is 11.3 Å². The van der Waals surface area contributed by atoms with Crippen LogP contribution in [0.5, 0.6) is 5.75 Å². The van der Waals surface area contributed by atoms with Crippen molar-refractivity contribution in [2.45, 2.75) is 18.1 Å². The van der Waals surface area contributed by atoms with Crippen LogP contribution in [0.3, 0.4) is 0 Å². The summed E-state index contributed by atoms with van der Waals surface area (Å²) in [5, 5.41) is 9.69. The van der Waals surface area contributed by atoms with Gasteiger partial charge < -0.3 is 9.47 Å². The van der Waals surface area contributed by atoms with Gasteiger partial charge in [0.1, 0.15) is 5.75 Å². The molecule has 0 N–H and O–H groups in total. The average Bonchev–Trinajstić information content (AvgIpc) is 3.23. The van der Waals surface area contributed by atoms with Crippen molar-refractivity contribution in [2.75, 3.05) is 26.6 Å². The number of carbonyl (C=O) groups is 1. The highest BCUT2D eigenvalue weighted by atomic mass is 32.2. The topological polar surface area (TPSA) is 87.7 Å². The number of nitrogens with zero attached hydrogens (tertiary/aromatic N) is 4. The molecule has 0 fully saturated rings. The second-order valence-corrected chi connectivity index (χ2v) is 7.82. The van der Waals surface area contributed by atoms with Gasteiger partial charge in [0.2, 0.25) is 5.78 Å². The number of aryl methyl sites for hydroxylation is 1. The number of fused-ring (bicyclic) bond motifs is 3. The van der Waals surface area contributed by atoms with Crippen LogP contribution in [0.4, 0.5) is 0 Å². The third kappa shape index (κ3) is 4.19. The fourth-order valence-corrected chi connectivity index (χ4v) is 4.24. The lowest BCUT2D eigenvalue weighted by molar-refractivity contribution is 0.102. The van der Waals surface area contributed by atoms with Gasteiger partial charge in [0.15, 0.2) is 10.9 Å². The van der Waals surface area contributed by atoms with Crippen molar-refractivity contribution in [3.63, 3.8) is 0 Å². The molecule has 0 radical (unpaired) electrons. The standard InChI is InChI=1S/C22H22N4O4S/c1-29-12-6-11-25-20(28)17-9-3-4-10-18(17)26-21(25)23-24-22(26)31-14-19(27)15-7-5-8-16(13-15)30-2/h3-5,7-10,13H,6,11-12,14H2,1-2H3. The minimum absolute atomic E-state index is 0.0432. The number of aromatic nitrogens is 4. The Balaban J connectivity index is 1.70. The number of ketones is 1.